The number of hydrogen-bond donors (Lipinski definition) is 1. The summed E-state index contributed by atoms with van der Waals surface area (Å²) >= 11 is 0. The van der Waals surface area contributed by atoms with Crippen LogP contribution in [-0.4, -0.2) is 59.8 Å². The van der Waals surface area contributed by atoms with Crippen molar-refractivity contribution in [2.45, 2.75) is 117 Å². The first-order valence-corrected chi connectivity index (χ1v) is 14.4. The Kier molecular flexibility index (Phi) is 6.84. The molecule has 8 atom stereocenters. The van der Waals surface area contributed by atoms with Gasteiger partial charge < -0.3 is 24.1 Å². The highest BCUT2D eigenvalue weighted by Crippen LogP contribution is 2.71. The van der Waals surface area contributed by atoms with Gasteiger partial charge in [0, 0.05) is 37.2 Å². The Bertz CT molecular complexity index is 987. The zero-order chi connectivity index (χ0) is 26.9. The molecular weight excluding hydrogens is 470 g/mol. The minimum atomic E-state index is -0.797. The van der Waals surface area contributed by atoms with Gasteiger partial charge in [0.1, 0.15) is 5.60 Å². The molecule has 5 aliphatic rings. The monoisotopic (exact) mass is 517 g/mol. The predicted molar refractivity (Wildman–Crippen MR) is 141 cm³/mol. The summed E-state index contributed by atoms with van der Waals surface area (Å²) in [5, 5.41) is 12.7. The number of carbonyl (C=O) groups is 1. The number of hydrogen-bond acceptors (Lipinski definition) is 6. The number of allylic oxidation sites excluding steroid dienone is 1. The number of aliphatic hydroxyl groups is 1. The van der Waals surface area contributed by atoms with E-state index in [0.717, 1.165) is 44.2 Å². The summed E-state index contributed by atoms with van der Waals surface area (Å²) in [5.41, 5.74) is -0.0686. The SMILES string of the molecule is CCOC(C)OC1(C(C)=NC(C)=O)[C@@H](C)CC2C3CC=C4CC5(CC[C@]4(C)[C@@]3(O)CC[C@@]21C)OCCO5. The molecule has 0 radical (unpaired) electrons. The van der Waals surface area contributed by atoms with Crippen molar-refractivity contribution < 1.29 is 28.8 Å². The van der Waals surface area contributed by atoms with E-state index >= 15 is 0 Å². The Hall–Kier alpha value is -1.12. The van der Waals surface area contributed by atoms with E-state index in [1.807, 2.05) is 20.8 Å². The van der Waals surface area contributed by atoms with Gasteiger partial charge >= 0.3 is 0 Å². The summed E-state index contributed by atoms with van der Waals surface area (Å²) in [6.07, 6.45) is 7.66. The van der Waals surface area contributed by atoms with E-state index in [2.05, 4.69) is 31.8 Å². The van der Waals surface area contributed by atoms with E-state index < -0.39 is 23.3 Å². The molecular formula is C30H47NO6. The van der Waals surface area contributed by atoms with Gasteiger partial charge in [-0.05, 0) is 70.6 Å². The number of carbonyl (C=O) groups excluding carboxylic acids is 1. The molecule has 4 unspecified atom stereocenters. The molecule has 1 N–H and O–H groups in total. The van der Waals surface area contributed by atoms with Crippen molar-refractivity contribution in [1.82, 2.24) is 0 Å². The van der Waals surface area contributed by atoms with Crippen molar-refractivity contribution in [2.75, 3.05) is 19.8 Å². The van der Waals surface area contributed by atoms with E-state index in [1.165, 1.54) is 12.5 Å². The smallest absolute Gasteiger partial charge is 0.242 e. The molecule has 7 nitrogen and oxygen atoms in total. The lowest BCUT2D eigenvalue weighted by atomic mass is 9.44. The molecule has 1 aliphatic heterocycles. The zero-order valence-corrected chi connectivity index (χ0v) is 23.9. The van der Waals surface area contributed by atoms with Gasteiger partial charge in [-0.15, -0.1) is 0 Å². The first kappa shape index (κ1) is 27.4. The largest absolute Gasteiger partial charge is 0.389 e. The van der Waals surface area contributed by atoms with Crippen molar-refractivity contribution in [3.8, 4) is 0 Å². The number of amides is 1. The van der Waals surface area contributed by atoms with Crippen LogP contribution in [-0.2, 0) is 23.7 Å². The van der Waals surface area contributed by atoms with Crippen LogP contribution in [0.25, 0.3) is 0 Å². The quantitative estimate of drug-likeness (QED) is 0.307. The molecule has 1 amide bonds. The fourth-order valence-corrected chi connectivity index (χ4v) is 9.57. The van der Waals surface area contributed by atoms with Crippen molar-refractivity contribution >= 4 is 11.6 Å². The van der Waals surface area contributed by atoms with E-state index in [-0.39, 0.29) is 34.5 Å². The van der Waals surface area contributed by atoms with Crippen LogP contribution in [0.2, 0.25) is 0 Å². The fourth-order valence-electron chi connectivity index (χ4n) is 9.57. The van der Waals surface area contributed by atoms with E-state index in [9.17, 15) is 9.90 Å². The number of aliphatic imine (C=N–C) groups is 1. The maximum absolute atomic E-state index is 12.7. The van der Waals surface area contributed by atoms with E-state index in [4.69, 9.17) is 18.9 Å². The van der Waals surface area contributed by atoms with Gasteiger partial charge in [-0.1, -0.05) is 32.4 Å². The number of ether oxygens (including phenoxy) is 4. The first-order chi connectivity index (χ1) is 17.4. The molecule has 4 fully saturated rings. The summed E-state index contributed by atoms with van der Waals surface area (Å²) in [6.45, 7) is 16.0. The highest BCUT2D eigenvalue weighted by Gasteiger charge is 2.72. The van der Waals surface area contributed by atoms with Crippen LogP contribution in [0.3, 0.4) is 0 Å². The third-order valence-corrected chi connectivity index (χ3v) is 11.3. The topological polar surface area (TPSA) is 86.6 Å². The van der Waals surface area contributed by atoms with Crippen LogP contribution >= 0.6 is 0 Å². The highest BCUT2D eigenvalue weighted by molar-refractivity contribution is 5.99. The molecule has 37 heavy (non-hydrogen) atoms. The molecule has 1 spiro atoms. The Morgan fingerprint density at radius 3 is 2.51 bits per heavy atom. The normalized spacial score (nSPS) is 45.7. The lowest BCUT2D eigenvalue weighted by Crippen LogP contribution is -2.67. The average Bonchev–Trinajstić information content (AvgIpc) is 3.36. The van der Waals surface area contributed by atoms with Gasteiger partial charge in [-0.25, -0.2) is 4.99 Å². The zero-order valence-electron chi connectivity index (χ0n) is 23.9. The van der Waals surface area contributed by atoms with Gasteiger partial charge in [0.15, 0.2) is 12.1 Å². The van der Waals surface area contributed by atoms with Crippen molar-refractivity contribution in [1.29, 1.82) is 0 Å². The minimum absolute atomic E-state index is 0.111. The first-order valence-electron chi connectivity index (χ1n) is 14.4. The third kappa shape index (κ3) is 3.78. The van der Waals surface area contributed by atoms with Crippen molar-refractivity contribution in [3.05, 3.63) is 11.6 Å². The van der Waals surface area contributed by atoms with Crippen LogP contribution in [0.5, 0.6) is 0 Å². The Morgan fingerprint density at radius 2 is 1.86 bits per heavy atom. The molecule has 208 valence electrons. The Morgan fingerprint density at radius 1 is 1.16 bits per heavy atom. The summed E-state index contributed by atoms with van der Waals surface area (Å²) < 4.78 is 24.9. The second-order valence-electron chi connectivity index (χ2n) is 12.9. The summed E-state index contributed by atoms with van der Waals surface area (Å²) in [7, 11) is 0. The fraction of sp³-hybridized carbons (Fsp3) is 0.867. The van der Waals surface area contributed by atoms with Gasteiger partial charge in [-0.3, -0.25) is 4.79 Å². The van der Waals surface area contributed by atoms with Gasteiger partial charge in [0.2, 0.25) is 5.91 Å². The lowest BCUT2D eigenvalue weighted by Gasteiger charge is -2.64. The number of rotatable bonds is 5. The Balaban J connectivity index is 1.54. The van der Waals surface area contributed by atoms with Crippen LogP contribution in [0, 0.1) is 28.6 Å². The van der Waals surface area contributed by atoms with Crippen LogP contribution < -0.4 is 0 Å². The summed E-state index contributed by atoms with van der Waals surface area (Å²) in [6, 6.07) is 0. The minimum Gasteiger partial charge on any atom is -0.389 e. The van der Waals surface area contributed by atoms with Crippen LogP contribution in [0.15, 0.2) is 16.6 Å². The molecule has 0 aromatic carbocycles. The molecule has 3 saturated carbocycles. The van der Waals surface area contributed by atoms with Crippen molar-refractivity contribution in [3.63, 3.8) is 0 Å². The lowest BCUT2D eigenvalue weighted by molar-refractivity contribution is -0.250. The maximum Gasteiger partial charge on any atom is 0.242 e. The summed E-state index contributed by atoms with van der Waals surface area (Å²) in [4.78, 5) is 16.6. The third-order valence-electron chi connectivity index (χ3n) is 11.3. The second kappa shape index (κ2) is 9.22. The van der Waals surface area contributed by atoms with E-state index in [1.54, 1.807) is 0 Å². The molecule has 5 rings (SSSR count). The molecule has 1 saturated heterocycles. The van der Waals surface area contributed by atoms with Crippen molar-refractivity contribution in [2.24, 2.45) is 33.6 Å². The van der Waals surface area contributed by atoms with Crippen LogP contribution in [0.1, 0.15) is 93.4 Å². The molecule has 0 aromatic rings. The molecule has 0 aromatic heterocycles. The molecule has 4 aliphatic carbocycles. The second-order valence-corrected chi connectivity index (χ2v) is 12.9. The average molecular weight is 518 g/mol. The molecule has 1 heterocycles. The van der Waals surface area contributed by atoms with Crippen LogP contribution in [0.4, 0.5) is 0 Å². The van der Waals surface area contributed by atoms with E-state index in [0.29, 0.717) is 26.2 Å². The summed E-state index contributed by atoms with van der Waals surface area (Å²) in [5.74, 6) is -0.236. The van der Waals surface area contributed by atoms with Gasteiger partial charge in [-0.2, -0.15) is 0 Å². The molecule has 0 bridgehead atoms. The number of nitrogens with zero attached hydrogens (tertiary/aromatic N) is 1. The Labute approximate surface area is 222 Å². The maximum atomic E-state index is 12.7. The highest BCUT2D eigenvalue weighted by atomic mass is 16.7. The predicted octanol–water partition coefficient (Wildman–Crippen LogP) is 5.20. The molecule has 7 heteroatoms. The van der Waals surface area contributed by atoms with Gasteiger partial charge in [0.05, 0.1) is 24.5 Å². The standard InChI is InChI=1S/C30H47NO6/c1-8-34-22(5)37-30(20(3)31-21(4)32)19(2)17-25-24-10-9-23-18-28(35-15-16-36-28)13-11-26(23,6)29(24,33)14-12-27(25,30)7/h9,19,22,24-25,33H,8,10-18H2,1-7H3/t19-,22?,24?,25?,26-,27-,29+,30?/m0/s1. The van der Waals surface area contributed by atoms with Gasteiger partial charge in [0.25, 0.3) is 0 Å². The number of fused-ring (bicyclic) bond motifs is 5.